The molecule has 1 amide bonds. The van der Waals surface area contributed by atoms with E-state index in [-0.39, 0.29) is 35.9 Å². The quantitative estimate of drug-likeness (QED) is 0.526. The molecule has 182 valence electrons. The Bertz CT molecular complexity index is 1080. The van der Waals surface area contributed by atoms with E-state index < -0.39 is 17.6 Å². The molecule has 2 aromatic carbocycles. The van der Waals surface area contributed by atoms with Crippen LogP contribution in [0.25, 0.3) is 6.08 Å². The molecule has 1 fully saturated rings. The van der Waals surface area contributed by atoms with Crippen molar-refractivity contribution in [2.24, 2.45) is 5.92 Å². The number of alkyl halides is 3. The van der Waals surface area contributed by atoms with E-state index in [2.05, 4.69) is 53.6 Å². The molecular formula is C27H30F4N2O. The summed E-state index contributed by atoms with van der Waals surface area (Å²) in [6.07, 6.45) is 1.93. The number of likely N-dealkylation sites (tertiary alicyclic amines) is 1. The summed E-state index contributed by atoms with van der Waals surface area (Å²) in [5.41, 5.74) is 1.72. The first-order valence-electron chi connectivity index (χ1n) is 11.8. The molecule has 3 atom stereocenters. The summed E-state index contributed by atoms with van der Waals surface area (Å²) in [5.74, 6) is -0.834. The van der Waals surface area contributed by atoms with Gasteiger partial charge in [0.2, 0.25) is 5.91 Å². The van der Waals surface area contributed by atoms with Crippen molar-refractivity contribution in [2.75, 3.05) is 13.1 Å². The highest BCUT2D eigenvalue weighted by Gasteiger charge is 2.44. The van der Waals surface area contributed by atoms with Gasteiger partial charge in [-0.1, -0.05) is 50.3 Å². The van der Waals surface area contributed by atoms with Gasteiger partial charge in [-0.15, -0.1) is 0 Å². The zero-order chi connectivity index (χ0) is 24.5. The zero-order valence-electron chi connectivity index (χ0n) is 19.5. The Hall–Kier alpha value is -2.67. The number of carbonyl (C=O) groups is 1. The lowest BCUT2D eigenvalue weighted by molar-refractivity contribution is -0.137. The number of amides is 1. The molecular weight excluding hydrogens is 444 g/mol. The van der Waals surface area contributed by atoms with Gasteiger partial charge >= 0.3 is 6.18 Å². The van der Waals surface area contributed by atoms with E-state index in [9.17, 15) is 22.4 Å². The van der Waals surface area contributed by atoms with Crippen molar-refractivity contribution in [3.63, 3.8) is 0 Å². The number of hydrogen-bond acceptors (Lipinski definition) is 2. The Kier molecular flexibility index (Phi) is 6.85. The molecule has 4 rings (SSSR count). The maximum atomic E-state index is 13.6. The largest absolute Gasteiger partial charge is 0.416 e. The van der Waals surface area contributed by atoms with E-state index in [0.717, 1.165) is 38.1 Å². The topological polar surface area (TPSA) is 32.3 Å². The average Bonchev–Trinajstić information content (AvgIpc) is 3.17. The van der Waals surface area contributed by atoms with E-state index in [1.807, 2.05) is 6.92 Å². The van der Waals surface area contributed by atoms with Crippen LogP contribution in [0.4, 0.5) is 17.6 Å². The minimum atomic E-state index is -4.63. The molecule has 0 aromatic heterocycles. The van der Waals surface area contributed by atoms with Crippen molar-refractivity contribution in [1.29, 1.82) is 0 Å². The van der Waals surface area contributed by atoms with E-state index in [1.54, 1.807) is 0 Å². The Labute approximate surface area is 197 Å². The van der Waals surface area contributed by atoms with Crippen molar-refractivity contribution in [3.8, 4) is 0 Å². The molecule has 0 bridgehead atoms. The SMILES string of the molecule is CCC(CC(=O)NCc1cc(F)cc(C(F)(F)F)c1)N1CC[C@@]2(C=Cc3ccccc32)[C@@H](C)C1. The number of nitrogens with one attached hydrogen (secondary N) is 1. The Morgan fingerprint density at radius 3 is 2.71 bits per heavy atom. The standard InChI is InChI=1S/C27H30F4N2O/c1-3-23(15-25(34)32-16-19-12-21(27(29,30)31)14-22(28)13-19)33-11-10-26(18(2)17-33)9-8-20-6-4-5-7-24(20)26/h4-9,12-14,18,23H,3,10-11,15-17H2,1-2H3,(H,32,34)/t18-,23?,26-/m0/s1. The maximum absolute atomic E-state index is 13.6. The van der Waals surface area contributed by atoms with Crippen LogP contribution in [0, 0.1) is 11.7 Å². The van der Waals surface area contributed by atoms with Crippen LogP contribution < -0.4 is 5.32 Å². The fraction of sp³-hybridized carbons (Fsp3) is 0.444. The van der Waals surface area contributed by atoms with Crippen molar-refractivity contribution < 1.29 is 22.4 Å². The molecule has 1 heterocycles. The lowest BCUT2D eigenvalue weighted by Gasteiger charge is -2.47. The van der Waals surface area contributed by atoms with Gasteiger partial charge in [0.25, 0.3) is 0 Å². The van der Waals surface area contributed by atoms with Crippen molar-refractivity contribution in [2.45, 2.75) is 57.3 Å². The minimum absolute atomic E-state index is 0.0290. The number of piperidine rings is 1. The van der Waals surface area contributed by atoms with Gasteiger partial charge in [-0.3, -0.25) is 9.69 Å². The van der Waals surface area contributed by atoms with Crippen molar-refractivity contribution in [3.05, 3.63) is 76.6 Å². The molecule has 1 aliphatic carbocycles. The predicted molar refractivity (Wildman–Crippen MR) is 124 cm³/mol. The molecule has 1 unspecified atom stereocenters. The Balaban J connectivity index is 1.36. The van der Waals surface area contributed by atoms with Gasteiger partial charge in [-0.2, -0.15) is 13.2 Å². The summed E-state index contributed by atoms with van der Waals surface area (Å²) in [6.45, 7) is 5.89. The summed E-state index contributed by atoms with van der Waals surface area (Å²) in [7, 11) is 0. The normalized spacial score (nSPS) is 23.2. The first kappa shape index (κ1) is 24.5. The van der Waals surface area contributed by atoms with Crippen molar-refractivity contribution in [1.82, 2.24) is 10.2 Å². The van der Waals surface area contributed by atoms with Gasteiger partial charge in [-0.05, 0) is 60.2 Å². The Morgan fingerprint density at radius 1 is 1.24 bits per heavy atom. The van der Waals surface area contributed by atoms with Crippen LogP contribution in [0.3, 0.4) is 0 Å². The van der Waals surface area contributed by atoms with Crippen LogP contribution in [-0.2, 0) is 22.9 Å². The maximum Gasteiger partial charge on any atom is 0.416 e. The molecule has 1 spiro atoms. The van der Waals surface area contributed by atoms with E-state index in [1.165, 1.54) is 11.1 Å². The van der Waals surface area contributed by atoms with Gasteiger partial charge in [0, 0.05) is 31.0 Å². The van der Waals surface area contributed by atoms with Crippen LogP contribution in [0.15, 0.2) is 48.5 Å². The second kappa shape index (κ2) is 9.53. The first-order valence-corrected chi connectivity index (χ1v) is 11.8. The number of halogens is 4. The predicted octanol–water partition coefficient (Wildman–Crippen LogP) is 5.94. The first-order chi connectivity index (χ1) is 16.1. The summed E-state index contributed by atoms with van der Waals surface area (Å²) in [5, 5.41) is 2.67. The number of allylic oxidation sites excluding steroid dienone is 1. The summed E-state index contributed by atoms with van der Waals surface area (Å²) in [4.78, 5) is 15.0. The zero-order valence-corrected chi connectivity index (χ0v) is 19.5. The molecule has 1 N–H and O–H groups in total. The molecule has 7 heteroatoms. The van der Waals surface area contributed by atoms with E-state index in [4.69, 9.17) is 0 Å². The molecule has 3 nitrogen and oxygen atoms in total. The van der Waals surface area contributed by atoms with Crippen LogP contribution in [0.2, 0.25) is 0 Å². The van der Waals surface area contributed by atoms with Gasteiger partial charge in [0.1, 0.15) is 5.82 Å². The molecule has 2 aromatic rings. The lowest BCUT2D eigenvalue weighted by Crippen LogP contribution is -2.51. The highest BCUT2D eigenvalue weighted by atomic mass is 19.4. The number of rotatable bonds is 6. The molecule has 0 saturated carbocycles. The lowest BCUT2D eigenvalue weighted by atomic mass is 9.67. The number of nitrogens with zero attached hydrogens (tertiary/aromatic N) is 1. The minimum Gasteiger partial charge on any atom is -0.352 e. The molecule has 1 aliphatic heterocycles. The van der Waals surface area contributed by atoms with E-state index in [0.29, 0.717) is 12.0 Å². The molecule has 0 radical (unpaired) electrons. The molecule has 34 heavy (non-hydrogen) atoms. The smallest absolute Gasteiger partial charge is 0.352 e. The highest BCUT2D eigenvalue weighted by molar-refractivity contribution is 5.76. The molecule has 2 aliphatic rings. The molecule has 1 saturated heterocycles. The number of hydrogen-bond donors (Lipinski definition) is 1. The highest BCUT2D eigenvalue weighted by Crippen LogP contribution is 2.47. The fourth-order valence-corrected chi connectivity index (χ4v) is 5.49. The summed E-state index contributed by atoms with van der Waals surface area (Å²) in [6, 6.07) is 10.9. The Morgan fingerprint density at radius 2 is 2.00 bits per heavy atom. The summed E-state index contributed by atoms with van der Waals surface area (Å²) < 4.78 is 52.4. The van der Waals surface area contributed by atoms with Crippen LogP contribution in [-0.4, -0.2) is 29.9 Å². The van der Waals surface area contributed by atoms with Crippen molar-refractivity contribution >= 4 is 12.0 Å². The number of benzene rings is 2. The van der Waals surface area contributed by atoms with Gasteiger partial charge in [-0.25, -0.2) is 4.39 Å². The monoisotopic (exact) mass is 474 g/mol. The fourth-order valence-electron chi connectivity index (χ4n) is 5.49. The third-order valence-electron chi connectivity index (χ3n) is 7.41. The average molecular weight is 475 g/mol. The number of carbonyl (C=O) groups excluding carboxylic acids is 1. The van der Waals surface area contributed by atoms with Crippen LogP contribution in [0.5, 0.6) is 0 Å². The third kappa shape index (κ3) is 4.90. The second-order valence-corrected chi connectivity index (χ2v) is 9.50. The van der Waals surface area contributed by atoms with Gasteiger partial charge < -0.3 is 5.32 Å². The van der Waals surface area contributed by atoms with Crippen LogP contribution >= 0.6 is 0 Å². The van der Waals surface area contributed by atoms with Crippen LogP contribution in [0.1, 0.15) is 55.4 Å². The van der Waals surface area contributed by atoms with E-state index >= 15 is 0 Å². The summed E-state index contributed by atoms with van der Waals surface area (Å²) >= 11 is 0. The second-order valence-electron chi connectivity index (χ2n) is 9.50. The van der Waals surface area contributed by atoms with Gasteiger partial charge in [0.15, 0.2) is 0 Å². The number of fused-ring (bicyclic) bond motifs is 2. The third-order valence-corrected chi connectivity index (χ3v) is 7.41. The van der Waals surface area contributed by atoms with Gasteiger partial charge in [0.05, 0.1) is 5.56 Å².